The second-order valence-corrected chi connectivity index (χ2v) is 5.21. The highest BCUT2D eigenvalue weighted by molar-refractivity contribution is 9.10. The number of rotatable bonds is 2. The van der Waals surface area contributed by atoms with Gasteiger partial charge in [-0.05, 0) is 44.0 Å². The van der Waals surface area contributed by atoms with E-state index in [0.29, 0.717) is 0 Å². The Kier molecular flexibility index (Phi) is 3.40. The van der Waals surface area contributed by atoms with E-state index in [1.807, 2.05) is 32.0 Å². The van der Waals surface area contributed by atoms with Crippen molar-refractivity contribution in [2.24, 2.45) is 5.73 Å². The first-order valence-corrected chi connectivity index (χ1v) is 6.37. The van der Waals surface area contributed by atoms with E-state index < -0.39 is 0 Å². The van der Waals surface area contributed by atoms with Gasteiger partial charge in [-0.1, -0.05) is 28.1 Å². The van der Waals surface area contributed by atoms with Crippen molar-refractivity contribution in [2.75, 3.05) is 0 Å². The minimum atomic E-state index is -0.126. The summed E-state index contributed by atoms with van der Waals surface area (Å²) < 4.78 is 6.63. The van der Waals surface area contributed by atoms with Crippen molar-refractivity contribution in [1.29, 1.82) is 0 Å². The summed E-state index contributed by atoms with van der Waals surface area (Å²) in [5.41, 5.74) is 9.63. The molecule has 3 heteroatoms. The van der Waals surface area contributed by atoms with Crippen LogP contribution in [0.4, 0.5) is 0 Å². The van der Waals surface area contributed by atoms with Gasteiger partial charge in [0.05, 0.1) is 6.04 Å². The van der Waals surface area contributed by atoms with Crippen LogP contribution in [0.2, 0.25) is 0 Å². The second-order valence-electron chi connectivity index (χ2n) is 4.35. The summed E-state index contributed by atoms with van der Waals surface area (Å²) in [5.74, 6) is 1.80. The van der Waals surface area contributed by atoms with Gasteiger partial charge in [0, 0.05) is 10.0 Å². The Morgan fingerprint density at radius 1 is 1.18 bits per heavy atom. The zero-order valence-corrected chi connectivity index (χ0v) is 11.8. The van der Waals surface area contributed by atoms with Crippen LogP contribution in [0.25, 0.3) is 0 Å². The van der Waals surface area contributed by atoms with Crippen LogP contribution in [0, 0.1) is 20.8 Å². The second kappa shape index (κ2) is 4.67. The van der Waals surface area contributed by atoms with Crippen LogP contribution in [0.5, 0.6) is 0 Å². The Bertz CT molecular complexity index is 545. The molecule has 0 saturated heterocycles. The number of hydrogen-bond acceptors (Lipinski definition) is 2. The van der Waals surface area contributed by atoms with Gasteiger partial charge < -0.3 is 10.2 Å². The summed E-state index contributed by atoms with van der Waals surface area (Å²) in [6.45, 7) is 5.96. The van der Waals surface area contributed by atoms with Crippen LogP contribution in [0.1, 0.15) is 34.3 Å². The molecular formula is C14H16BrNO. The first kappa shape index (κ1) is 12.4. The van der Waals surface area contributed by atoms with Crippen LogP contribution >= 0.6 is 15.9 Å². The van der Waals surface area contributed by atoms with Crippen molar-refractivity contribution in [3.8, 4) is 0 Å². The maximum atomic E-state index is 6.27. The Morgan fingerprint density at radius 3 is 2.41 bits per heavy atom. The fourth-order valence-corrected chi connectivity index (χ4v) is 2.25. The van der Waals surface area contributed by atoms with Crippen LogP contribution < -0.4 is 5.73 Å². The highest BCUT2D eigenvalue weighted by Gasteiger charge is 2.15. The molecule has 0 bridgehead atoms. The minimum absolute atomic E-state index is 0.126. The molecule has 2 rings (SSSR count). The van der Waals surface area contributed by atoms with E-state index in [9.17, 15) is 0 Å². The third-order valence-electron chi connectivity index (χ3n) is 2.96. The predicted octanol–water partition coefficient (Wildman–Crippen LogP) is 4.02. The molecule has 2 nitrogen and oxygen atoms in total. The van der Waals surface area contributed by atoms with Gasteiger partial charge >= 0.3 is 0 Å². The molecule has 90 valence electrons. The van der Waals surface area contributed by atoms with Gasteiger partial charge in [-0.15, -0.1) is 0 Å². The summed E-state index contributed by atoms with van der Waals surface area (Å²) in [4.78, 5) is 0. The molecule has 0 aliphatic rings. The number of benzene rings is 1. The first-order chi connectivity index (χ1) is 7.99. The fraction of sp³-hybridized carbons (Fsp3) is 0.286. The molecule has 0 amide bonds. The number of nitrogens with two attached hydrogens (primary N) is 1. The average molecular weight is 294 g/mol. The third kappa shape index (κ3) is 2.45. The van der Waals surface area contributed by atoms with E-state index in [2.05, 4.69) is 28.9 Å². The summed E-state index contributed by atoms with van der Waals surface area (Å²) in [7, 11) is 0. The Hall–Kier alpha value is -1.06. The Balaban J connectivity index is 2.40. The zero-order valence-electron chi connectivity index (χ0n) is 10.3. The summed E-state index contributed by atoms with van der Waals surface area (Å²) >= 11 is 3.49. The molecule has 0 saturated carbocycles. The van der Waals surface area contributed by atoms with Gasteiger partial charge in [-0.25, -0.2) is 0 Å². The highest BCUT2D eigenvalue weighted by Crippen LogP contribution is 2.27. The first-order valence-electron chi connectivity index (χ1n) is 5.57. The van der Waals surface area contributed by atoms with Crippen LogP contribution in [0.3, 0.4) is 0 Å². The Labute approximate surface area is 110 Å². The van der Waals surface area contributed by atoms with Crippen LogP contribution in [0.15, 0.2) is 33.2 Å². The molecule has 0 spiro atoms. The van der Waals surface area contributed by atoms with Crippen molar-refractivity contribution >= 4 is 15.9 Å². The number of furan rings is 1. The Morgan fingerprint density at radius 2 is 1.88 bits per heavy atom. The van der Waals surface area contributed by atoms with Gasteiger partial charge in [0.15, 0.2) is 0 Å². The van der Waals surface area contributed by atoms with Crippen molar-refractivity contribution in [1.82, 2.24) is 0 Å². The largest absolute Gasteiger partial charge is 0.466 e. The number of hydrogen-bond donors (Lipinski definition) is 1. The number of halogens is 1. The van der Waals surface area contributed by atoms with Gasteiger partial charge in [-0.2, -0.15) is 0 Å². The van der Waals surface area contributed by atoms with Gasteiger partial charge in [0.2, 0.25) is 0 Å². The van der Waals surface area contributed by atoms with Crippen molar-refractivity contribution in [3.05, 3.63) is 56.9 Å². The maximum Gasteiger partial charge on any atom is 0.106 e. The molecule has 1 heterocycles. The summed E-state index contributed by atoms with van der Waals surface area (Å²) in [5, 5.41) is 0. The molecule has 1 unspecified atom stereocenters. The molecule has 1 aromatic heterocycles. The lowest BCUT2D eigenvalue weighted by Gasteiger charge is -2.12. The molecule has 0 radical (unpaired) electrons. The van der Waals surface area contributed by atoms with E-state index in [1.54, 1.807) is 0 Å². The van der Waals surface area contributed by atoms with Crippen molar-refractivity contribution < 1.29 is 4.42 Å². The van der Waals surface area contributed by atoms with E-state index in [0.717, 1.165) is 27.1 Å². The fourth-order valence-electron chi connectivity index (χ4n) is 2.00. The summed E-state index contributed by atoms with van der Waals surface area (Å²) in [6, 6.07) is 8.07. The third-order valence-corrected chi connectivity index (χ3v) is 3.85. The monoisotopic (exact) mass is 293 g/mol. The molecular weight excluding hydrogens is 278 g/mol. The van der Waals surface area contributed by atoms with Gasteiger partial charge in [0.25, 0.3) is 0 Å². The zero-order chi connectivity index (χ0) is 12.6. The van der Waals surface area contributed by atoms with Gasteiger partial charge in [-0.3, -0.25) is 0 Å². The molecule has 0 aliphatic carbocycles. The quantitative estimate of drug-likeness (QED) is 0.908. The standard InChI is InChI=1S/C14H16BrNO/c1-8-6-11(4-5-13(8)15)14(16)12-7-9(2)17-10(12)3/h4-7,14H,16H2,1-3H3. The van der Waals surface area contributed by atoms with Crippen molar-refractivity contribution in [2.45, 2.75) is 26.8 Å². The lowest BCUT2D eigenvalue weighted by atomic mass is 9.98. The molecule has 1 aromatic carbocycles. The summed E-state index contributed by atoms with van der Waals surface area (Å²) in [6.07, 6.45) is 0. The highest BCUT2D eigenvalue weighted by atomic mass is 79.9. The van der Waals surface area contributed by atoms with Gasteiger partial charge in [0.1, 0.15) is 11.5 Å². The lowest BCUT2D eigenvalue weighted by Crippen LogP contribution is -2.12. The predicted molar refractivity (Wildman–Crippen MR) is 73.1 cm³/mol. The number of aryl methyl sites for hydroxylation is 3. The van der Waals surface area contributed by atoms with E-state index in [1.165, 1.54) is 5.56 Å². The maximum absolute atomic E-state index is 6.27. The average Bonchev–Trinajstić information content (AvgIpc) is 2.61. The van der Waals surface area contributed by atoms with Crippen molar-refractivity contribution in [3.63, 3.8) is 0 Å². The lowest BCUT2D eigenvalue weighted by molar-refractivity contribution is 0.499. The minimum Gasteiger partial charge on any atom is -0.466 e. The van der Waals surface area contributed by atoms with E-state index in [4.69, 9.17) is 10.2 Å². The molecule has 2 N–H and O–H groups in total. The topological polar surface area (TPSA) is 39.2 Å². The normalized spacial score (nSPS) is 12.8. The molecule has 17 heavy (non-hydrogen) atoms. The smallest absolute Gasteiger partial charge is 0.106 e. The molecule has 0 aliphatic heterocycles. The van der Waals surface area contributed by atoms with E-state index in [-0.39, 0.29) is 6.04 Å². The van der Waals surface area contributed by atoms with E-state index >= 15 is 0 Å². The molecule has 0 fully saturated rings. The molecule has 1 atom stereocenters. The SMILES string of the molecule is Cc1cc(C(N)c2ccc(Br)c(C)c2)c(C)o1. The molecule has 2 aromatic rings. The van der Waals surface area contributed by atoms with Crippen LogP contribution in [-0.4, -0.2) is 0 Å². The van der Waals surface area contributed by atoms with Crippen LogP contribution in [-0.2, 0) is 0 Å².